The zero-order valence-electron chi connectivity index (χ0n) is 9.28. The second kappa shape index (κ2) is 4.53. The van der Waals surface area contributed by atoms with Crippen LogP contribution in [0.25, 0.3) is 4.96 Å². The van der Waals surface area contributed by atoms with Crippen LogP contribution in [-0.2, 0) is 6.54 Å². The molecule has 0 aliphatic carbocycles. The lowest BCUT2D eigenvalue weighted by molar-refractivity contribution is 0.0950. The molecule has 0 fully saturated rings. The van der Waals surface area contributed by atoms with Crippen molar-refractivity contribution in [2.24, 2.45) is 0 Å². The van der Waals surface area contributed by atoms with Gasteiger partial charge in [-0.2, -0.15) is 10.2 Å². The third kappa shape index (κ3) is 2.07. The molecule has 6 nitrogen and oxygen atoms in total. The molecule has 3 aromatic rings. The summed E-state index contributed by atoms with van der Waals surface area (Å²) in [6.07, 6.45) is 6.75. The average Bonchev–Trinajstić information content (AvgIpc) is 2.97. The van der Waals surface area contributed by atoms with E-state index in [-0.39, 0.29) is 5.91 Å². The normalized spacial score (nSPS) is 10.7. The van der Waals surface area contributed by atoms with Crippen LogP contribution in [0.3, 0.4) is 0 Å². The molecule has 0 unspecified atom stereocenters. The summed E-state index contributed by atoms with van der Waals surface area (Å²) in [5.41, 5.74) is 1.32. The number of carbonyl (C=O) groups is 1. The highest BCUT2D eigenvalue weighted by Gasteiger charge is 2.07. The van der Waals surface area contributed by atoms with Crippen molar-refractivity contribution in [3.05, 3.63) is 47.5 Å². The van der Waals surface area contributed by atoms with E-state index in [1.165, 1.54) is 12.4 Å². The molecule has 18 heavy (non-hydrogen) atoms. The number of hydrogen-bond donors (Lipinski definition) is 1. The Morgan fingerprint density at radius 2 is 2.39 bits per heavy atom. The monoisotopic (exact) mass is 259 g/mol. The van der Waals surface area contributed by atoms with Crippen molar-refractivity contribution in [2.75, 3.05) is 0 Å². The third-order valence-electron chi connectivity index (χ3n) is 2.42. The van der Waals surface area contributed by atoms with Crippen LogP contribution >= 0.6 is 11.3 Å². The van der Waals surface area contributed by atoms with Gasteiger partial charge >= 0.3 is 0 Å². The first-order valence-corrected chi connectivity index (χ1v) is 6.17. The molecule has 7 heteroatoms. The average molecular weight is 259 g/mol. The summed E-state index contributed by atoms with van der Waals surface area (Å²) in [5, 5.41) is 12.0. The van der Waals surface area contributed by atoms with Gasteiger partial charge in [-0.1, -0.05) is 0 Å². The quantitative estimate of drug-likeness (QED) is 0.765. The molecule has 0 radical (unpaired) electrons. The van der Waals surface area contributed by atoms with Crippen LogP contribution in [0.2, 0.25) is 0 Å². The molecule has 90 valence electrons. The summed E-state index contributed by atoms with van der Waals surface area (Å²) in [5.74, 6) is -0.179. The van der Waals surface area contributed by atoms with E-state index in [4.69, 9.17) is 0 Å². The zero-order valence-corrected chi connectivity index (χ0v) is 10.1. The Bertz CT molecular complexity index is 646. The molecule has 3 rings (SSSR count). The number of rotatable bonds is 3. The fourth-order valence-electron chi connectivity index (χ4n) is 1.56. The highest BCUT2D eigenvalue weighted by Crippen LogP contribution is 2.11. The lowest BCUT2D eigenvalue weighted by Crippen LogP contribution is -2.23. The molecular weight excluding hydrogens is 250 g/mol. The Kier molecular flexibility index (Phi) is 2.73. The van der Waals surface area contributed by atoms with Crippen molar-refractivity contribution in [2.45, 2.75) is 6.54 Å². The SMILES string of the molecule is O=C(NCc1cn2ccsc2n1)c1ccnnc1. The van der Waals surface area contributed by atoms with Crippen molar-refractivity contribution < 1.29 is 4.79 Å². The Morgan fingerprint density at radius 3 is 3.17 bits per heavy atom. The number of fused-ring (bicyclic) bond motifs is 1. The van der Waals surface area contributed by atoms with Gasteiger partial charge in [-0.15, -0.1) is 11.3 Å². The first kappa shape index (κ1) is 10.8. The van der Waals surface area contributed by atoms with Crippen molar-refractivity contribution >= 4 is 22.2 Å². The molecule has 0 spiro atoms. The van der Waals surface area contributed by atoms with E-state index in [2.05, 4.69) is 20.5 Å². The van der Waals surface area contributed by atoms with Crippen molar-refractivity contribution in [3.63, 3.8) is 0 Å². The van der Waals surface area contributed by atoms with Crippen LogP contribution in [0.1, 0.15) is 16.1 Å². The lowest BCUT2D eigenvalue weighted by atomic mass is 10.3. The standard InChI is InChI=1S/C11H9N5OS/c17-10(8-1-2-13-14-5-8)12-6-9-7-16-3-4-18-11(16)15-9/h1-5,7H,6H2,(H,12,17). The third-order valence-corrected chi connectivity index (χ3v) is 3.19. The number of aromatic nitrogens is 4. The molecule has 1 N–H and O–H groups in total. The van der Waals surface area contributed by atoms with E-state index < -0.39 is 0 Å². The molecular formula is C11H9N5OS. The summed E-state index contributed by atoms with van der Waals surface area (Å²) < 4.78 is 1.93. The van der Waals surface area contributed by atoms with Crippen LogP contribution in [0.5, 0.6) is 0 Å². The van der Waals surface area contributed by atoms with Crippen LogP contribution < -0.4 is 5.32 Å². The van der Waals surface area contributed by atoms with Gasteiger partial charge in [0.15, 0.2) is 4.96 Å². The Morgan fingerprint density at radius 1 is 1.44 bits per heavy atom. The molecule has 0 saturated heterocycles. The highest BCUT2D eigenvalue weighted by atomic mass is 32.1. The topological polar surface area (TPSA) is 72.2 Å². The summed E-state index contributed by atoms with van der Waals surface area (Å²) >= 11 is 1.56. The number of hydrogen-bond acceptors (Lipinski definition) is 5. The fourth-order valence-corrected chi connectivity index (χ4v) is 2.28. The molecule has 0 bridgehead atoms. The smallest absolute Gasteiger partial charge is 0.253 e. The second-order valence-electron chi connectivity index (χ2n) is 3.64. The molecule has 0 aliphatic rings. The van der Waals surface area contributed by atoms with Crippen LogP contribution in [-0.4, -0.2) is 25.5 Å². The number of nitrogens with one attached hydrogen (secondary N) is 1. The maximum Gasteiger partial charge on any atom is 0.253 e. The number of amides is 1. The first-order chi connectivity index (χ1) is 8.83. The van der Waals surface area contributed by atoms with Crippen molar-refractivity contribution in [3.8, 4) is 0 Å². The molecule has 0 aliphatic heterocycles. The van der Waals surface area contributed by atoms with Gasteiger partial charge in [0.25, 0.3) is 5.91 Å². The zero-order chi connectivity index (χ0) is 12.4. The summed E-state index contributed by atoms with van der Waals surface area (Å²) in [6, 6.07) is 1.62. The van der Waals surface area contributed by atoms with E-state index in [9.17, 15) is 4.79 Å². The number of thiazole rings is 1. The summed E-state index contributed by atoms with van der Waals surface area (Å²) in [6.45, 7) is 0.398. The van der Waals surface area contributed by atoms with Gasteiger partial charge in [0.1, 0.15) is 0 Å². The minimum absolute atomic E-state index is 0.179. The first-order valence-electron chi connectivity index (χ1n) is 5.29. The maximum absolute atomic E-state index is 11.8. The van der Waals surface area contributed by atoms with Crippen molar-refractivity contribution in [1.82, 2.24) is 24.9 Å². The maximum atomic E-state index is 11.8. The summed E-state index contributed by atoms with van der Waals surface area (Å²) in [4.78, 5) is 17.1. The predicted octanol–water partition coefficient (Wildman–Crippen LogP) is 1.12. The highest BCUT2D eigenvalue weighted by molar-refractivity contribution is 7.15. The molecule has 3 heterocycles. The van der Waals surface area contributed by atoms with Crippen LogP contribution in [0, 0.1) is 0 Å². The van der Waals surface area contributed by atoms with Gasteiger partial charge < -0.3 is 5.32 Å². The second-order valence-corrected chi connectivity index (χ2v) is 4.51. The number of nitrogens with zero attached hydrogens (tertiary/aromatic N) is 4. The minimum atomic E-state index is -0.179. The van der Waals surface area contributed by atoms with E-state index >= 15 is 0 Å². The van der Waals surface area contributed by atoms with Gasteiger partial charge in [0, 0.05) is 17.8 Å². The molecule has 0 saturated carbocycles. The predicted molar refractivity (Wildman–Crippen MR) is 66.3 cm³/mol. The molecule has 0 atom stereocenters. The molecule has 3 aromatic heterocycles. The van der Waals surface area contributed by atoms with E-state index in [1.807, 2.05) is 22.2 Å². The van der Waals surface area contributed by atoms with E-state index in [0.717, 1.165) is 10.7 Å². The van der Waals surface area contributed by atoms with Crippen LogP contribution in [0.15, 0.2) is 36.2 Å². The van der Waals surface area contributed by atoms with Gasteiger partial charge in [0.2, 0.25) is 0 Å². The van der Waals surface area contributed by atoms with Crippen molar-refractivity contribution in [1.29, 1.82) is 0 Å². The Labute approximate surface area is 106 Å². The Balaban J connectivity index is 1.68. The minimum Gasteiger partial charge on any atom is -0.346 e. The fraction of sp³-hybridized carbons (Fsp3) is 0.0909. The lowest BCUT2D eigenvalue weighted by Gasteiger charge is -2.01. The largest absolute Gasteiger partial charge is 0.346 e. The number of carbonyl (C=O) groups excluding carboxylic acids is 1. The molecule has 0 aromatic carbocycles. The van der Waals surface area contributed by atoms with Gasteiger partial charge in [-0.05, 0) is 6.07 Å². The summed E-state index contributed by atoms with van der Waals surface area (Å²) in [7, 11) is 0. The molecule has 1 amide bonds. The van der Waals surface area contributed by atoms with Gasteiger partial charge in [-0.25, -0.2) is 4.98 Å². The number of imidazole rings is 1. The van der Waals surface area contributed by atoms with Crippen LogP contribution in [0.4, 0.5) is 0 Å². The Hall–Kier alpha value is -2.28. The van der Waals surface area contributed by atoms with E-state index in [0.29, 0.717) is 12.1 Å². The van der Waals surface area contributed by atoms with E-state index in [1.54, 1.807) is 17.4 Å². The van der Waals surface area contributed by atoms with Gasteiger partial charge in [0.05, 0.1) is 30.2 Å². The van der Waals surface area contributed by atoms with Gasteiger partial charge in [-0.3, -0.25) is 9.20 Å².